The molecule has 10 nitrogen and oxygen atoms in total. The van der Waals surface area contributed by atoms with E-state index < -0.39 is 17.9 Å². The number of nitrogens with one attached hydrogen (secondary N) is 2. The highest BCUT2D eigenvalue weighted by Gasteiger charge is 2.30. The molecule has 3 amide bonds. The number of amidine groups is 1. The molecule has 0 radical (unpaired) electrons. The first-order valence-electron chi connectivity index (χ1n) is 15.0. The summed E-state index contributed by atoms with van der Waals surface area (Å²) in [5.74, 6) is 5.74. The number of halogens is 1. The molecule has 0 aliphatic carbocycles. The Hall–Kier alpha value is -4.95. The summed E-state index contributed by atoms with van der Waals surface area (Å²) in [6.07, 6.45) is 9.70. The standard InChI is InChI=1S/C24H31N5O2.C11H14FNO2/c1-4-6-23(26-13-5-2)29-16-14-28(15-17-29)18-21-9-7-20(8-10-21)11-12-22(19-30)27-24(31)25-3;1-5-8(15-4)10(12)9-7(2)6-13(3)11(9)14/h4-10,13,19,22H,14-18H2,1-3H3,(H2,25,27,31);5H,1,6H2,2-4H3/b6-4+,13-5-,26-23-;10-8-. The van der Waals surface area contributed by atoms with Crippen molar-refractivity contribution in [2.75, 3.05) is 53.9 Å². The first kappa shape index (κ1) is 37.2. The Bertz CT molecular complexity index is 1440. The number of piperazine rings is 1. The number of likely N-dealkylation sites (N-methyl/N-ethyl adjacent to an activating group) is 1. The Morgan fingerprint density at radius 3 is 2.35 bits per heavy atom. The molecule has 1 atom stereocenters. The van der Waals surface area contributed by atoms with Gasteiger partial charge in [0.2, 0.25) is 0 Å². The Morgan fingerprint density at radius 1 is 1.17 bits per heavy atom. The van der Waals surface area contributed by atoms with E-state index in [0.717, 1.165) is 44.1 Å². The number of aldehydes is 1. The zero-order valence-corrected chi connectivity index (χ0v) is 27.6. The van der Waals surface area contributed by atoms with Gasteiger partial charge in [0, 0.05) is 65.1 Å². The summed E-state index contributed by atoms with van der Waals surface area (Å²) in [7, 11) is 4.46. The maximum Gasteiger partial charge on any atom is 0.315 e. The molecule has 1 unspecified atom stereocenters. The third kappa shape index (κ3) is 11.2. The van der Waals surface area contributed by atoms with E-state index in [1.165, 1.54) is 30.7 Å². The van der Waals surface area contributed by atoms with Crippen LogP contribution in [0.15, 0.2) is 89.1 Å². The fourth-order valence-electron chi connectivity index (χ4n) is 4.64. The molecule has 0 saturated carbocycles. The molecule has 1 saturated heterocycles. The highest BCUT2D eigenvalue weighted by molar-refractivity contribution is 6.00. The van der Waals surface area contributed by atoms with Crippen molar-refractivity contribution in [1.29, 1.82) is 0 Å². The van der Waals surface area contributed by atoms with Gasteiger partial charge in [0.25, 0.3) is 5.91 Å². The van der Waals surface area contributed by atoms with Crippen LogP contribution in [-0.4, -0.2) is 98.7 Å². The molecule has 2 N–H and O–H groups in total. The second-order valence-corrected chi connectivity index (χ2v) is 10.4. The molecular weight excluding hydrogens is 587 g/mol. The summed E-state index contributed by atoms with van der Waals surface area (Å²) in [5, 5.41) is 4.86. The fourth-order valence-corrected chi connectivity index (χ4v) is 4.64. The number of hydrogen-bond donors (Lipinski definition) is 2. The maximum atomic E-state index is 13.8. The van der Waals surface area contributed by atoms with Crippen LogP contribution in [0, 0.1) is 11.8 Å². The summed E-state index contributed by atoms with van der Waals surface area (Å²) in [5.41, 5.74) is 2.81. The molecule has 2 heterocycles. The molecule has 0 spiro atoms. The molecular formula is C35H45FN6O4. The van der Waals surface area contributed by atoms with Crippen LogP contribution in [0.2, 0.25) is 0 Å². The van der Waals surface area contributed by atoms with E-state index in [-0.39, 0.29) is 17.2 Å². The second kappa shape index (κ2) is 19.4. The van der Waals surface area contributed by atoms with E-state index in [4.69, 9.17) is 4.74 Å². The average Bonchev–Trinajstić information content (AvgIpc) is 3.32. The molecule has 0 bridgehead atoms. The van der Waals surface area contributed by atoms with E-state index in [9.17, 15) is 18.8 Å². The van der Waals surface area contributed by atoms with Crippen molar-refractivity contribution in [3.63, 3.8) is 0 Å². The summed E-state index contributed by atoms with van der Waals surface area (Å²) in [6.45, 7) is 14.3. The second-order valence-electron chi connectivity index (χ2n) is 10.4. The Labute approximate surface area is 272 Å². The Morgan fingerprint density at radius 2 is 1.85 bits per heavy atom. The number of allylic oxidation sites excluding steroid dienone is 3. The van der Waals surface area contributed by atoms with Gasteiger partial charge in [0.1, 0.15) is 11.9 Å². The largest absolute Gasteiger partial charge is 0.494 e. The number of aliphatic imine (C=N–C) groups is 1. The van der Waals surface area contributed by atoms with Gasteiger partial charge >= 0.3 is 6.03 Å². The molecule has 1 aromatic carbocycles. The van der Waals surface area contributed by atoms with Crippen molar-refractivity contribution in [2.45, 2.75) is 33.4 Å². The Balaban J connectivity index is 0.000000410. The fraction of sp³-hybridized carbons (Fsp3) is 0.371. The number of ether oxygens (including phenoxy) is 1. The summed E-state index contributed by atoms with van der Waals surface area (Å²) < 4.78 is 18.6. The van der Waals surface area contributed by atoms with Gasteiger partial charge in [-0.05, 0) is 56.2 Å². The summed E-state index contributed by atoms with van der Waals surface area (Å²) >= 11 is 0. The lowest BCUT2D eigenvalue weighted by molar-refractivity contribution is -0.124. The highest BCUT2D eigenvalue weighted by Crippen LogP contribution is 2.27. The zero-order valence-electron chi connectivity index (χ0n) is 27.6. The number of urea groups is 1. The van der Waals surface area contributed by atoms with Crippen LogP contribution in [0.4, 0.5) is 9.18 Å². The van der Waals surface area contributed by atoms with Crippen molar-refractivity contribution in [2.24, 2.45) is 4.99 Å². The van der Waals surface area contributed by atoms with Gasteiger partial charge in [-0.15, -0.1) is 0 Å². The lowest BCUT2D eigenvalue weighted by Gasteiger charge is -2.35. The Kier molecular flexibility index (Phi) is 15.7. The minimum Gasteiger partial charge on any atom is -0.494 e. The van der Waals surface area contributed by atoms with Gasteiger partial charge in [-0.3, -0.25) is 14.5 Å². The maximum absolute atomic E-state index is 13.8. The number of nitrogens with zero attached hydrogens (tertiary/aromatic N) is 4. The van der Waals surface area contributed by atoms with E-state index in [0.29, 0.717) is 18.4 Å². The van der Waals surface area contributed by atoms with Crippen molar-refractivity contribution in [1.82, 2.24) is 25.3 Å². The van der Waals surface area contributed by atoms with E-state index >= 15 is 0 Å². The summed E-state index contributed by atoms with van der Waals surface area (Å²) in [4.78, 5) is 44.7. The zero-order chi connectivity index (χ0) is 34.1. The smallest absolute Gasteiger partial charge is 0.315 e. The van der Waals surface area contributed by atoms with Crippen molar-refractivity contribution >= 4 is 24.1 Å². The minimum atomic E-state index is -0.834. The van der Waals surface area contributed by atoms with Gasteiger partial charge < -0.3 is 25.2 Å². The quantitative estimate of drug-likeness (QED) is 0.107. The van der Waals surface area contributed by atoms with Crippen LogP contribution in [0.1, 0.15) is 31.9 Å². The molecule has 3 rings (SSSR count). The van der Waals surface area contributed by atoms with E-state index in [1.807, 2.05) is 44.3 Å². The molecule has 1 fully saturated rings. The predicted octanol–water partition coefficient (Wildman–Crippen LogP) is 3.95. The third-order valence-corrected chi connectivity index (χ3v) is 7.05. The number of rotatable bonds is 9. The summed E-state index contributed by atoms with van der Waals surface area (Å²) in [6, 6.07) is 6.71. The molecule has 11 heteroatoms. The molecule has 246 valence electrons. The first-order chi connectivity index (χ1) is 22.1. The molecule has 2 aliphatic rings. The first-order valence-corrected chi connectivity index (χ1v) is 15.0. The number of hydrogen-bond acceptors (Lipinski definition) is 6. The molecule has 46 heavy (non-hydrogen) atoms. The van der Waals surface area contributed by atoms with Crippen LogP contribution in [0.5, 0.6) is 0 Å². The minimum absolute atomic E-state index is 0.00648. The van der Waals surface area contributed by atoms with Crippen molar-refractivity contribution in [3.8, 4) is 11.8 Å². The van der Waals surface area contributed by atoms with Crippen LogP contribution in [0.3, 0.4) is 0 Å². The molecule has 1 aromatic rings. The molecule has 0 aromatic heterocycles. The SMILES string of the molecule is C=C/C(OC)=C(/F)C1=C(C)CN(C)C1=O.C\C=C/N=C(/C=C/C)N1CCN(Cc2ccc(C#CC(C=O)NC(=O)NC)cc2)CC1. The number of carbonyl (C=O) groups is 3. The monoisotopic (exact) mass is 632 g/mol. The van der Waals surface area contributed by atoms with E-state index in [2.05, 4.69) is 62.1 Å². The van der Waals surface area contributed by atoms with Gasteiger partial charge in [0.05, 0.1) is 12.7 Å². The third-order valence-electron chi connectivity index (χ3n) is 7.05. The lowest BCUT2D eigenvalue weighted by atomic mass is 10.1. The van der Waals surface area contributed by atoms with Gasteiger partial charge in [0.15, 0.2) is 17.9 Å². The number of benzene rings is 1. The van der Waals surface area contributed by atoms with Gasteiger partial charge in [-0.1, -0.05) is 42.7 Å². The van der Waals surface area contributed by atoms with Crippen molar-refractivity contribution in [3.05, 3.63) is 95.2 Å². The highest BCUT2D eigenvalue weighted by atomic mass is 19.1. The van der Waals surface area contributed by atoms with Crippen LogP contribution < -0.4 is 10.6 Å². The van der Waals surface area contributed by atoms with Crippen molar-refractivity contribution < 1.29 is 23.5 Å². The average molecular weight is 633 g/mol. The van der Waals surface area contributed by atoms with E-state index in [1.54, 1.807) is 14.0 Å². The van der Waals surface area contributed by atoms with Gasteiger partial charge in [-0.2, -0.15) is 0 Å². The van der Waals surface area contributed by atoms with Crippen LogP contribution in [0.25, 0.3) is 0 Å². The molecule has 2 aliphatic heterocycles. The number of methoxy groups -OCH3 is 1. The van der Waals surface area contributed by atoms with Gasteiger partial charge in [-0.25, -0.2) is 14.2 Å². The topological polar surface area (TPSA) is 107 Å². The van der Waals surface area contributed by atoms with Crippen LogP contribution in [-0.2, 0) is 20.9 Å². The number of carbonyl (C=O) groups excluding carboxylic acids is 3. The number of amides is 3. The predicted molar refractivity (Wildman–Crippen MR) is 180 cm³/mol. The normalized spacial score (nSPS) is 16.8. The lowest BCUT2D eigenvalue weighted by Crippen LogP contribution is -2.47. The van der Waals surface area contributed by atoms with Crippen LogP contribution >= 0.6 is 0 Å².